The third kappa shape index (κ3) is 1.25. The van der Waals surface area contributed by atoms with Crippen LogP contribution in [0.5, 0.6) is 0 Å². The van der Waals surface area contributed by atoms with Gasteiger partial charge in [-0.3, -0.25) is 4.68 Å². The first-order chi connectivity index (χ1) is 8.30. The van der Waals surface area contributed by atoms with Gasteiger partial charge in [0.05, 0.1) is 5.60 Å². The minimum atomic E-state index is -0.663. The predicted molar refractivity (Wildman–Crippen MR) is 68.9 cm³/mol. The first kappa shape index (κ1) is 12.2. The zero-order valence-electron chi connectivity index (χ0n) is 11.8. The molecule has 2 saturated carbocycles. The normalized spacial score (nSPS) is 41.5. The minimum Gasteiger partial charge on any atom is -0.388 e. The molecular formula is C14H23N3O. The molecule has 1 N–H and O–H groups in total. The van der Waals surface area contributed by atoms with Crippen molar-refractivity contribution in [2.75, 3.05) is 0 Å². The Balaban J connectivity index is 2.01. The Morgan fingerprint density at radius 1 is 1.44 bits per heavy atom. The summed E-state index contributed by atoms with van der Waals surface area (Å²) in [4.78, 5) is 4.30. The highest BCUT2D eigenvalue weighted by Crippen LogP contribution is 2.68. The van der Waals surface area contributed by atoms with Gasteiger partial charge in [-0.15, -0.1) is 0 Å². The maximum absolute atomic E-state index is 11.4. The third-order valence-corrected chi connectivity index (χ3v) is 6.05. The van der Waals surface area contributed by atoms with Gasteiger partial charge in [0, 0.05) is 13.5 Å². The number of aliphatic hydroxyl groups is 1. The maximum atomic E-state index is 11.4. The molecule has 1 aromatic rings. The van der Waals surface area contributed by atoms with Crippen LogP contribution in [0.4, 0.5) is 0 Å². The molecule has 1 aromatic heterocycles. The summed E-state index contributed by atoms with van der Waals surface area (Å²) in [5, 5.41) is 15.5. The van der Waals surface area contributed by atoms with Crippen LogP contribution in [0, 0.1) is 16.7 Å². The molecule has 0 aliphatic heterocycles. The Kier molecular flexibility index (Phi) is 2.26. The molecule has 4 nitrogen and oxygen atoms in total. The Morgan fingerprint density at radius 3 is 2.67 bits per heavy atom. The van der Waals surface area contributed by atoms with Crippen molar-refractivity contribution in [1.82, 2.24) is 14.8 Å². The maximum Gasteiger partial charge on any atom is 0.138 e. The SMILES string of the molecule is Cn1ncnc1CC1(O)C2(C)CCC(C2)C1(C)C. The predicted octanol–water partition coefficient (Wildman–Crippen LogP) is 1.93. The van der Waals surface area contributed by atoms with Crippen LogP contribution in [0.2, 0.25) is 0 Å². The number of aromatic nitrogens is 3. The molecule has 2 aliphatic rings. The molecule has 0 aromatic carbocycles. The molecule has 2 fully saturated rings. The highest BCUT2D eigenvalue weighted by atomic mass is 16.3. The van der Waals surface area contributed by atoms with E-state index in [0.717, 1.165) is 18.7 Å². The van der Waals surface area contributed by atoms with Crippen LogP contribution in [0.25, 0.3) is 0 Å². The van der Waals surface area contributed by atoms with Gasteiger partial charge >= 0.3 is 0 Å². The zero-order chi connectivity index (χ0) is 13.2. The average molecular weight is 249 g/mol. The monoisotopic (exact) mass is 249 g/mol. The molecule has 0 spiro atoms. The highest BCUT2D eigenvalue weighted by molar-refractivity contribution is 5.20. The Hall–Kier alpha value is -0.900. The van der Waals surface area contributed by atoms with Crippen molar-refractivity contribution < 1.29 is 5.11 Å². The lowest BCUT2D eigenvalue weighted by Crippen LogP contribution is -2.55. The Morgan fingerprint density at radius 2 is 2.17 bits per heavy atom. The highest BCUT2D eigenvalue weighted by Gasteiger charge is 2.68. The summed E-state index contributed by atoms with van der Waals surface area (Å²) in [5.74, 6) is 1.53. The summed E-state index contributed by atoms with van der Waals surface area (Å²) in [5.41, 5.74) is -0.664. The van der Waals surface area contributed by atoms with Crippen molar-refractivity contribution in [1.29, 1.82) is 0 Å². The summed E-state index contributed by atoms with van der Waals surface area (Å²) >= 11 is 0. The van der Waals surface area contributed by atoms with Crippen LogP contribution >= 0.6 is 0 Å². The van der Waals surface area contributed by atoms with E-state index in [1.165, 1.54) is 6.42 Å². The largest absolute Gasteiger partial charge is 0.388 e. The standard InChI is InChI=1S/C14H23N3O/c1-12(2)10-5-6-13(3,7-10)14(12,18)8-11-15-9-16-17(11)4/h9-10,18H,5-8H2,1-4H3. The molecular weight excluding hydrogens is 226 g/mol. The lowest BCUT2D eigenvalue weighted by atomic mass is 9.59. The van der Waals surface area contributed by atoms with Gasteiger partial charge < -0.3 is 5.11 Å². The van der Waals surface area contributed by atoms with E-state index < -0.39 is 5.60 Å². The summed E-state index contributed by atoms with van der Waals surface area (Å²) in [7, 11) is 1.90. The van der Waals surface area contributed by atoms with E-state index >= 15 is 0 Å². The van der Waals surface area contributed by atoms with Crippen LogP contribution in [-0.2, 0) is 13.5 Å². The van der Waals surface area contributed by atoms with Gasteiger partial charge in [-0.1, -0.05) is 20.8 Å². The van der Waals surface area contributed by atoms with Crippen molar-refractivity contribution >= 4 is 0 Å². The van der Waals surface area contributed by atoms with Crippen molar-refractivity contribution in [3.8, 4) is 0 Å². The fourth-order valence-corrected chi connectivity index (χ4v) is 4.50. The smallest absolute Gasteiger partial charge is 0.138 e. The van der Waals surface area contributed by atoms with Crippen LogP contribution in [0.15, 0.2) is 6.33 Å². The summed E-state index contributed by atoms with van der Waals surface area (Å²) in [6.45, 7) is 6.69. The number of nitrogens with zero attached hydrogens (tertiary/aromatic N) is 3. The number of aryl methyl sites for hydroxylation is 1. The molecule has 100 valence electrons. The quantitative estimate of drug-likeness (QED) is 0.871. The zero-order valence-corrected chi connectivity index (χ0v) is 11.8. The van der Waals surface area contributed by atoms with Crippen molar-refractivity contribution in [3.05, 3.63) is 12.2 Å². The number of hydrogen-bond donors (Lipinski definition) is 1. The molecule has 0 radical (unpaired) electrons. The molecule has 2 aliphatic carbocycles. The Labute approximate surface area is 108 Å². The molecule has 3 unspecified atom stereocenters. The fourth-order valence-electron chi connectivity index (χ4n) is 4.50. The number of fused-ring (bicyclic) bond motifs is 2. The van der Waals surface area contributed by atoms with Crippen LogP contribution in [0.3, 0.4) is 0 Å². The first-order valence-corrected chi connectivity index (χ1v) is 6.85. The number of hydrogen-bond acceptors (Lipinski definition) is 3. The van der Waals surface area contributed by atoms with E-state index in [1.54, 1.807) is 11.0 Å². The van der Waals surface area contributed by atoms with Crippen LogP contribution in [0.1, 0.15) is 45.9 Å². The second kappa shape index (κ2) is 3.35. The first-order valence-electron chi connectivity index (χ1n) is 6.85. The minimum absolute atomic E-state index is 0.0348. The lowest BCUT2D eigenvalue weighted by molar-refractivity contribution is -0.143. The fraction of sp³-hybridized carbons (Fsp3) is 0.857. The lowest BCUT2D eigenvalue weighted by Gasteiger charge is -2.50. The molecule has 2 bridgehead atoms. The molecule has 3 rings (SSSR count). The van der Waals surface area contributed by atoms with Gasteiger partial charge in [0.25, 0.3) is 0 Å². The summed E-state index contributed by atoms with van der Waals surface area (Å²) in [6.07, 6.45) is 5.72. The average Bonchev–Trinajstić information content (AvgIpc) is 2.89. The van der Waals surface area contributed by atoms with E-state index in [4.69, 9.17) is 0 Å². The van der Waals surface area contributed by atoms with E-state index in [-0.39, 0.29) is 10.8 Å². The van der Waals surface area contributed by atoms with E-state index in [0.29, 0.717) is 12.3 Å². The van der Waals surface area contributed by atoms with Gasteiger partial charge in [-0.2, -0.15) is 5.10 Å². The van der Waals surface area contributed by atoms with Crippen molar-refractivity contribution in [2.45, 2.75) is 52.1 Å². The Bertz CT molecular complexity index is 474. The van der Waals surface area contributed by atoms with Crippen LogP contribution < -0.4 is 0 Å². The summed E-state index contributed by atoms with van der Waals surface area (Å²) < 4.78 is 1.78. The molecule has 18 heavy (non-hydrogen) atoms. The molecule has 0 saturated heterocycles. The van der Waals surface area contributed by atoms with Gasteiger partial charge in [-0.25, -0.2) is 4.98 Å². The van der Waals surface area contributed by atoms with Crippen molar-refractivity contribution in [2.24, 2.45) is 23.8 Å². The summed E-state index contributed by atoms with van der Waals surface area (Å²) in [6, 6.07) is 0. The van der Waals surface area contributed by atoms with Gasteiger partial charge in [0.1, 0.15) is 12.2 Å². The number of rotatable bonds is 2. The molecule has 4 heteroatoms. The van der Waals surface area contributed by atoms with Gasteiger partial charge in [0.15, 0.2) is 0 Å². The molecule has 0 amide bonds. The second-order valence-corrected chi connectivity index (χ2v) is 7.06. The second-order valence-electron chi connectivity index (χ2n) is 7.06. The van der Waals surface area contributed by atoms with E-state index in [2.05, 4.69) is 30.9 Å². The van der Waals surface area contributed by atoms with E-state index in [1.807, 2.05) is 7.05 Å². The molecule has 3 atom stereocenters. The van der Waals surface area contributed by atoms with Crippen LogP contribution in [-0.4, -0.2) is 25.5 Å². The van der Waals surface area contributed by atoms with Crippen molar-refractivity contribution in [3.63, 3.8) is 0 Å². The third-order valence-electron chi connectivity index (χ3n) is 6.05. The van der Waals surface area contributed by atoms with Gasteiger partial charge in [-0.05, 0) is 36.0 Å². The van der Waals surface area contributed by atoms with Gasteiger partial charge in [0.2, 0.25) is 0 Å². The topological polar surface area (TPSA) is 50.9 Å². The molecule has 1 heterocycles. The van der Waals surface area contributed by atoms with E-state index in [9.17, 15) is 5.11 Å².